The predicted octanol–water partition coefficient (Wildman–Crippen LogP) is 4.44. The number of rotatable bonds is 5. The van der Waals surface area contributed by atoms with Gasteiger partial charge < -0.3 is 14.8 Å². The third-order valence-electron chi connectivity index (χ3n) is 4.26. The number of para-hydroxylation sites is 1. The molecule has 1 atom stereocenters. The molecule has 2 aromatic carbocycles. The maximum atomic E-state index is 12.4. The first-order valence-electron chi connectivity index (χ1n) is 7.94. The van der Waals surface area contributed by atoms with E-state index in [0.717, 1.165) is 26.9 Å². The lowest BCUT2D eigenvalue weighted by Crippen LogP contribution is -2.14. The molecule has 1 aliphatic heterocycles. The molecular formula is C19H20BrNO3. The Balaban J connectivity index is 1.94. The fourth-order valence-electron chi connectivity index (χ4n) is 3.12. The SMILES string of the molecule is CCOc1c(Br)cc(C[C@@H]2C(=O)Nc3c(C)cccc32)cc1OC. The Morgan fingerprint density at radius 2 is 2.08 bits per heavy atom. The van der Waals surface area contributed by atoms with Gasteiger partial charge in [-0.05, 0) is 65.0 Å². The number of anilines is 1. The van der Waals surface area contributed by atoms with E-state index in [4.69, 9.17) is 9.47 Å². The second-order valence-corrected chi connectivity index (χ2v) is 6.68. The van der Waals surface area contributed by atoms with Crippen LogP contribution < -0.4 is 14.8 Å². The van der Waals surface area contributed by atoms with Crippen LogP contribution >= 0.6 is 15.9 Å². The lowest BCUT2D eigenvalue weighted by Gasteiger charge is -2.15. The number of halogens is 1. The van der Waals surface area contributed by atoms with Crippen molar-refractivity contribution in [3.05, 3.63) is 51.5 Å². The Bertz CT molecular complexity index is 788. The molecule has 1 heterocycles. The maximum Gasteiger partial charge on any atom is 0.232 e. The molecule has 0 aromatic heterocycles. The predicted molar refractivity (Wildman–Crippen MR) is 98.1 cm³/mol. The van der Waals surface area contributed by atoms with Crippen molar-refractivity contribution in [1.82, 2.24) is 0 Å². The number of methoxy groups -OCH3 is 1. The highest BCUT2D eigenvalue weighted by Gasteiger charge is 2.31. The summed E-state index contributed by atoms with van der Waals surface area (Å²) < 4.78 is 11.9. The fraction of sp³-hybridized carbons (Fsp3) is 0.316. The van der Waals surface area contributed by atoms with Crippen LogP contribution in [0.5, 0.6) is 11.5 Å². The van der Waals surface area contributed by atoms with E-state index in [9.17, 15) is 4.79 Å². The number of ether oxygens (including phenoxy) is 2. The standard InChI is InChI=1S/C19H20BrNO3/c1-4-24-18-15(20)9-12(10-16(18)23-3)8-14-13-7-5-6-11(2)17(13)21-19(14)22/h5-7,9-10,14H,4,8H2,1-3H3,(H,21,22)/t14-/m0/s1. The number of hydrogen-bond acceptors (Lipinski definition) is 3. The summed E-state index contributed by atoms with van der Waals surface area (Å²) in [6.07, 6.45) is 0.615. The number of carbonyl (C=O) groups is 1. The van der Waals surface area contributed by atoms with E-state index in [1.807, 2.05) is 44.2 Å². The second-order valence-electron chi connectivity index (χ2n) is 5.83. The monoisotopic (exact) mass is 389 g/mol. The number of aryl methyl sites for hydroxylation is 1. The second kappa shape index (κ2) is 6.85. The molecule has 2 aromatic rings. The van der Waals surface area contributed by atoms with Crippen LogP contribution in [0.25, 0.3) is 0 Å². The summed E-state index contributed by atoms with van der Waals surface area (Å²) in [6, 6.07) is 9.96. The van der Waals surface area contributed by atoms with Gasteiger partial charge in [-0.2, -0.15) is 0 Å². The molecule has 5 heteroatoms. The minimum atomic E-state index is -0.186. The van der Waals surface area contributed by atoms with Crippen LogP contribution in [0.2, 0.25) is 0 Å². The quantitative estimate of drug-likeness (QED) is 0.821. The van der Waals surface area contributed by atoms with Crippen LogP contribution in [0.1, 0.15) is 29.5 Å². The molecule has 3 rings (SSSR count). The normalized spacial score (nSPS) is 15.8. The van der Waals surface area contributed by atoms with Crippen molar-refractivity contribution in [2.45, 2.75) is 26.2 Å². The molecule has 0 fully saturated rings. The van der Waals surface area contributed by atoms with Crippen LogP contribution in [0, 0.1) is 6.92 Å². The summed E-state index contributed by atoms with van der Waals surface area (Å²) in [7, 11) is 1.62. The van der Waals surface area contributed by atoms with Crippen molar-refractivity contribution in [3.63, 3.8) is 0 Å². The van der Waals surface area contributed by atoms with Crippen molar-refractivity contribution in [1.29, 1.82) is 0 Å². The summed E-state index contributed by atoms with van der Waals surface area (Å²) in [5.41, 5.74) is 4.12. The Kier molecular flexibility index (Phi) is 4.81. The van der Waals surface area contributed by atoms with Crippen LogP contribution in [0.4, 0.5) is 5.69 Å². The highest BCUT2D eigenvalue weighted by Crippen LogP contribution is 2.40. The minimum absolute atomic E-state index is 0.0447. The molecule has 0 unspecified atom stereocenters. The van der Waals surface area contributed by atoms with Gasteiger partial charge in [-0.25, -0.2) is 0 Å². The first kappa shape index (κ1) is 16.8. The van der Waals surface area contributed by atoms with Crippen LogP contribution in [-0.4, -0.2) is 19.6 Å². The first-order chi connectivity index (χ1) is 11.5. The number of amides is 1. The lowest BCUT2D eigenvalue weighted by atomic mass is 9.92. The number of fused-ring (bicyclic) bond motifs is 1. The van der Waals surface area contributed by atoms with E-state index in [-0.39, 0.29) is 11.8 Å². The molecule has 1 N–H and O–H groups in total. The van der Waals surface area contributed by atoms with E-state index in [1.54, 1.807) is 7.11 Å². The van der Waals surface area contributed by atoms with E-state index >= 15 is 0 Å². The first-order valence-corrected chi connectivity index (χ1v) is 8.74. The zero-order chi connectivity index (χ0) is 17.3. The van der Waals surface area contributed by atoms with Gasteiger partial charge in [0.2, 0.25) is 5.91 Å². The summed E-state index contributed by atoms with van der Waals surface area (Å²) in [4.78, 5) is 12.4. The number of hydrogen-bond donors (Lipinski definition) is 1. The number of nitrogens with one attached hydrogen (secondary N) is 1. The molecule has 0 saturated carbocycles. The average Bonchev–Trinajstić information content (AvgIpc) is 2.87. The van der Waals surface area contributed by atoms with Gasteiger partial charge in [0.25, 0.3) is 0 Å². The Labute approximate surface area is 150 Å². The summed E-state index contributed by atoms with van der Waals surface area (Å²) >= 11 is 3.54. The van der Waals surface area contributed by atoms with Gasteiger partial charge in [-0.1, -0.05) is 18.2 Å². The highest BCUT2D eigenvalue weighted by molar-refractivity contribution is 9.10. The van der Waals surface area contributed by atoms with Gasteiger partial charge in [0, 0.05) is 5.69 Å². The molecule has 1 aliphatic rings. The molecular weight excluding hydrogens is 370 g/mol. The van der Waals surface area contributed by atoms with Gasteiger partial charge >= 0.3 is 0 Å². The summed E-state index contributed by atoms with van der Waals surface area (Å²) in [6.45, 7) is 4.51. The minimum Gasteiger partial charge on any atom is -0.493 e. The van der Waals surface area contributed by atoms with Gasteiger partial charge in [-0.15, -0.1) is 0 Å². The largest absolute Gasteiger partial charge is 0.493 e. The zero-order valence-electron chi connectivity index (χ0n) is 14.0. The third kappa shape index (κ3) is 3.00. The summed E-state index contributed by atoms with van der Waals surface area (Å²) in [5, 5.41) is 3.00. The topological polar surface area (TPSA) is 47.6 Å². The molecule has 4 nitrogen and oxygen atoms in total. The molecule has 0 bridgehead atoms. The van der Waals surface area contributed by atoms with Gasteiger partial charge in [0.15, 0.2) is 11.5 Å². The molecule has 0 spiro atoms. The number of benzene rings is 2. The Hall–Kier alpha value is -2.01. The molecule has 0 saturated heterocycles. The van der Waals surface area contributed by atoms with E-state index in [1.165, 1.54) is 0 Å². The summed E-state index contributed by atoms with van der Waals surface area (Å²) in [5.74, 6) is 1.22. The van der Waals surface area contributed by atoms with E-state index in [2.05, 4.69) is 21.2 Å². The van der Waals surface area contributed by atoms with Gasteiger partial charge in [0.1, 0.15) is 0 Å². The molecule has 126 valence electrons. The van der Waals surface area contributed by atoms with Crippen LogP contribution in [0.15, 0.2) is 34.8 Å². The van der Waals surface area contributed by atoms with E-state index < -0.39 is 0 Å². The van der Waals surface area contributed by atoms with Crippen molar-refractivity contribution in [2.75, 3.05) is 19.0 Å². The van der Waals surface area contributed by atoms with Crippen molar-refractivity contribution in [2.24, 2.45) is 0 Å². The number of carbonyl (C=O) groups excluding carboxylic acids is 1. The molecule has 0 radical (unpaired) electrons. The Morgan fingerprint density at radius 1 is 1.29 bits per heavy atom. The van der Waals surface area contributed by atoms with Crippen molar-refractivity contribution >= 4 is 27.5 Å². The Morgan fingerprint density at radius 3 is 2.79 bits per heavy atom. The van der Waals surface area contributed by atoms with Crippen molar-refractivity contribution < 1.29 is 14.3 Å². The fourth-order valence-corrected chi connectivity index (χ4v) is 3.72. The molecule has 0 aliphatic carbocycles. The molecule has 24 heavy (non-hydrogen) atoms. The highest BCUT2D eigenvalue weighted by atomic mass is 79.9. The van der Waals surface area contributed by atoms with Crippen LogP contribution in [0.3, 0.4) is 0 Å². The molecule has 1 amide bonds. The van der Waals surface area contributed by atoms with Gasteiger partial charge in [0.05, 0.1) is 24.1 Å². The van der Waals surface area contributed by atoms with Crippen molar-refractivity contribution in [3.8, 4) is 11.5 Å². The lowest BCUT2D eigenvalue weighted by molar-refractivity contribution is -0.117. The maximum absolute atomic E-state index is 12.4. The third-order valence-corrected chi connectivity index (χ3v) is 4.85. The average molecular weight is 390 g/mol. The van der Waals surface area contributed by atoms with Gasteiger partial charge in [-0.3, -0.25) is 4.79 Å². The van der Waals surface area contributed by atoms with E-state index in [0.29, 0.717) is 24.5 Å². The zero-order valence-corrected chi connectivity index (χ0v) is 15.6. The van der Waals surface area contributed by atoms with Crippen LogP contribution in [-0.2, 0) is 11.2 Å². The smallest absolute Gasteiger partial charge is 0.232 e.